The molecule has 0 aliphatic rings. The van der Waals surface area contributed by atoms with E-state index in [4.69, 9.17) is 0 Å². The maximum absolute atomic E-state index is 12.7. The molecule has 10 heteroatoms. The highest BCUT2D eigenvalue weighted by Gasteiger charge is 2.39. The Balaban J connectivity index is 3.06. The quantitative estimate of drug-likeness (QED) is 0.684. The molecule has 0 fully saturated rings. The molecular weight excluding hydrogens is 283 g/mol. The van der Waals surface area contributed by atoms with Crippen LogP contribution in [-0.2, 0) is 10.0 Å². The first-order chi connectivity index (χ1) is 8.14. The molecule has 1 rings (SSSR count). The Kier molecular flexibility index (Phi) is 3.89. The largest absolute Gasteiger partial charge is 0.447 e. The van der Waals surface area contributed by atoms with Gasteiger partial charge in [0.2, 0.25) is 5.95 Å². The maximum atomic E-state index is 12.7. The Morgan fingerprint density at radius 2 is 1.83 bits per heavy atom. The van der Waals surface area contributed by atoms with Gasteiger partial charge in [0.05, 0.1) is 0 Å². The van der Waals surface area contributed by atoms with Crippen LogP contribution in [-0.4, -0.2) is 19.6 Å². The SMILES string of the molecule is O=S(=O)(NC(F)=C(F)C(F)(F)F)c1ccccn1. The predicted octanol–water partition coefficient (Wildman–Crippen LogP) is 2.03. The van der Waals surface area contributed by atoms with Gasteiger partial charge in [0, 0.05) is 6.20 Å². The van der Waals surface area contributed by atoms with Crippen molar-refractivity contribution in [3.8, 4) is 0 Å². The molecule has 0 aromatic carbocycles. The van der Waals surface area contributed by atoms with E-state index in [0.717, 1.165) is 17.0 Å². The van der Waals surface area contributed by atoms with Crippen LogP contribution in [0, 0.1) is 0 Å². The van der Waals surface area contributed by atoms with Gasteiger partial charge in [0.25, 0.3) is 15.9 Å². The first-order valence-electron chi connectivity index (χ1n) is 4.21. The minimum Gasteiger partial charge on any atom is -0.251 e. The molecule has 1 aromatic rings. The van der Waals surface area contributed by atoms with Crippen molar-refractivity contribution in [3.63, 3.8) is 0 Å². The van der Waals surface area contributed by atoms with Crippen molar-refractivity contribution in [1.82, 2.24) is 9.71 Å². The first kappa shape index (κ1) is 14.4. The molecule has 1 aromatic heterocycles. The summed E-state index contributed by atoms with van der Waals surface area (Å²) in [5.74, 6) is -5.81. The molecule has 100 valence electrons. The maximum Gasteiger partial charge on any atom is 0.447 e. The second kappa shape index (κ2) is 4.88. The summed E-state index contributed by atoms with van der Waals surface area (Å²) < 4.78 is 83.8. The Morgan fingerprint density at radius 1 is 1.22 bits per heavy atom. The number of pyridine rings is 1. The fraction of sp³-hybridized carbons (Fsp3) is 0.125. The first-order valence-corrected chi connectivity index (χ1v) is 5.69. The molecule has 1 N–H and O–H groups in total. The number of hydrogen-bond acceptors (Lipinski definition) is 3. The molecule has 0 radical (unpaired) electrons. The number of alkyl halides is 3. The van der Waals surface area contributed by atoms with Crippen molar-refractivity contribution in [1.29, 1.82) is 0 Å². The average Bonchev–Trinajstić information content (AvgIpc) is 2.27. The van der Waals surface area contributed by atoms with E-state index in [1.165, 1.54) is 12.1 Å². The van der Waals surface area contributed by atoms with E-state index in [1.807, 2.05) is 0 Å². The van der Waals surface area contributed by atoms with Crippen LogP contribution in [0.25, 0.3) is 0 Å². The number of nitrogens with zero attached hydrogens (tertiary/aromatic N) is 1. The number of rotatable bonds is 3. The highest BCUT2D eigenvalue weighted by atomic mass is 32.2. The normalized spacial score (nSPS) is 14.1. The van der Waals surface area contributed by atoms with E-state index in [2.05, 4.69) is 4.98 Å². The monoisotopic (exact) mass is 288 g/mol. The van der Waals surface area contributed by atoms with Crippen molar-refractivity contribution < 1.29 is 30.4 Å². The van der Waals surface area contributed by atoms with Gasteiger partial charge in [-0.05, 0) is 12.1 Å². The molecule has 0 unspecified atom stereocenters. The van der Waals surface area contributed by atoms with Crippen LogP contribution in [0.5, 0.6) is 0 Å². The molecular formula is C8H5F5N2O2S. The Morgan fingerprint density at radius 3 is 2.28 bits per heavy atom. The zero-order valence-corrected chi connectivity index (χ0v) is 9.19. The van der Waals surface area contributed by atoms with Gasteiger partial charge in [-0.25, -0.2) is 4.98 Å². The highest BCUT2D eigenvalue weighted by Crippen LogP contribution is 2.29. The summed E-state index contributed by atoms with van der Waals surface area (Å²) in [6.07, 6.45) is -4.59. The van der Waals surface area contributed by atoms with Crippen molar-refractivity contribution >= 4 is 10.0 Å². The van der Waals surface area contributed by atoms with Gasteiger partial charge in [-0.1, -0.05) is 6.07 Å². The lowest BCUT2D eigenvalue weighted by Gasteiger charge is -2.07. The molecule has 0 bridgehead atoms. The number of halogens is 5. The van der Waals surface area contributed by atoms with Crippen LogP contribution in [0.3, 0.4) is 0 Å². The minimum absolute atomic E-state index is 0.741. The third-order valence-corrected chi connectivity index (χ3v) is 2.82. The highest BCUT2D eigenvalue weighted by molar-refractivity contribution is 7.89. The summed E-state index contributed by atoms with van der Waals surface area (Å²) in [6.45, 7) is 0. The number of hydrogen-bond donors (Lipinski definition) is 1. The van der Waals surface area contributed by atoms with Gasteiger partial charge >= 0.3 is 6.18 Å². The Bertz CT molecular complexity index is 553. The Labute approximate surface area is 98.2 Å². The van der Waals surface area contributed by atoms with Gasteiger partial charge in [-0.3, -0.25) is 4.72 Å². The second-order valence-electron chi connectivity index (χ2n) is 2.90. The van der Waals surface area contributed by atoms with Gasteiger partial charge in [0.15, 0.2) is 5.03 Å². The molecule has 0 aliphatic carbocycles. The van der Waals surface area contributed by atoms with Gasteiger partial charge in [-0.2, -0.15) is 30.4 Å². The molecule has 0 atom stereocenters. The number of aromatic nitrogens is 1. The summed E-state index contributed by atoms with van der Waals surface area (Å²) in [5.41, 5.74) is 0. The summed E-state index contributed by atoms with van der Waals surface area (Å²) in [5, 5.41) is -0.741. The van der Waals surface area contributed by atoms with Crippen molar-refractivity contribution in [2.45, 2.75) is 11.2 Å². The van der Waals surface area contributed by atoms with Crippen LogP contribution < -0.4 is 4.72 Å². The number of allylic oxidation sites excluding steroid dienone is 1. The van der Waals surface area contributed by atoms with Crippen LogP contribution in [0.2, 0.25) is 0 Å². The van der Waals surface area contributed by atoms with Crippen molar-refractivity contribution in [3.05, 3.63) is 36.2 Å². The van der Waals surface area contributed by atoms with E-state index >= 15 is 0 Å². The van der Waals surface area contributed by atoms with Crippen LogP contribution >= 0.6 is 0 Å². The van der Waals surface area contributed by atoms with Gasteiger partial charge in [-0.15, -0.1) is 0 Å². The van der Waals surface area contributed by atoms with Gasteiger partial charge < -0.3 is 0 Å². The molecule has 0 spiro atoms. The molecule has 0 aliphatic heterocycles. The van der Waals surface area contributed by atoms with E-state index in [9.17, 15) is 30.4 Å². The zero-order chi connectivity index (χ0) is 14.0. The number of nitrogens with one attached hydrogen (secondary N) is 1. The third kappa shape index (κ3) is 3.39. The average molecular weight is 288 g/mol. The summed E-state index contributed by atoms with van der Waals surface area (Å²) in [4.78, 5) is 3.28. The second-order valence-corrected chi connectivity index (χ2v) is 4.53. The third-order valence-electron chi connectivity index (χ3n) is 1.58. The van der Waals surface area contributed by atoms with E-state index < -0.39 is 33.0 Å². The van der Waals surface area contributed by atoms with E-state index in [0.29, 0.717) is 0 Å². The minimum atomic E-state index is -5.61. The van der Waals surface area contributed by atoms with E-state index in [-0.39, 0.29) is 0 Å². The van der Waals surface area contributed by atoms with Crippen LogP contribution in [0.4, 0.5) is 22.0 Å². The standard InChI is InChI=1S/C8H5F5N2O2S/c9-6(8(11,12)13)7(10)15-18(16,17)5-3-1-2-4-14-5/h1-4,15H. The fourth-order valence-corrected chi connectivity index (χ4v) is 1.73. The molecule has 0 saturated heterocycles. The molecule has 0 saturated carbocycles. The van der Waals surface area contributed by atoms with Crippen LogP contribution in [0.1, 0.15) is 0 Å². The predicted molar refractivity (Wildman–Crippen MR) is 49.9 cm³/mol. The fourth-order valence-electron chi connectivity index (χ4n) is 0.846. The lowest BCUT2D eigenvalue weighted by atomic mass is 10.5. The van der Waals surface area contributed by atoms with Crippen LogP contribution in [0.15, 0.2) is 41.2 Å². The molecule has 0 amide bonds. The smallest absolute Gasteiger partial charge is 0.251 e. The number of sulfonamides is 1. The molecule has 18 heavy (non-hydrogen) atoms. The summed E-state index contributed by atoms with van der Waals surface area (Å²) >= 11 is 0. The Hall–Kier alpha value is -1.71. The molecule has 4 nitrogen and oxygen atoms in total. The summed E-state index contributed by atoms with van der Waals surface area (Å²) in [6, 6.07) is 3.45. The van der Waals surface area contributed by atoms with Crippen molar-refractivity contribution in [2.24, 2.45) is 0 Å². The van der Waals surface area contributed by atoms with Gasteiger partial charge in [0.1, 0.15) is 0 Å². The van der Waals surface area contributed by atoms with E-state index in [1.54, 1.807) is 0 Å². The summed E-state index contributed by atoms with van der Waals surface area (Å²) in [7, 11) is -4.70. The topological polar surface area (TPSA) is 59.1 Å². The zero-order valence-electron chi connectivity index (χ0n) is 8.37. The lowest BCUT2D eigenvalue weighted by molar-refractivity contribution is -0.111. The lowest BCUT2D eigenvalue weighted by Crippen LogP contribution is -2.25. The molecule has 1 heterocycles. The van der Waals surface area contributed by atoms with Crippen molar-refractivity contribution in [2.75, 3.05) is 0 Å².